The second-order valence-corrected chi connectivity index (χ2v) is 7.15. The minimum absolute atomic E-state index is 0.524. The number of rotatable bonds is 10. The summed E-state index contributed by atoms with van der Waals surface area (Å²) in [6.07, 6.45) is 1.69. The van der Waals surface area contributed by atoms with Crippen molar-refractivity contribution in [2.24, 2.45) is 0 Å². The molecule has 5 heteroatoms. The van der Waals surface area contributed by atoms with E-state index < -0.39 is 0 Å². The molecule has 0 aliphatic rings. The molecule has 1 N–H and O–H groups in total. The van der Waals surface area contributed by atoms with Crippen molar-refractivity contribution in [2.45, 2.75) is 25.9 Å². The minimum Gasteiger partial charge on any atom is -0.494 e. The Bertz CT molecular complexity index is 1030. The number of hydrogen-bond acceptors (Lipinski definition) is 3. The van der Waals surface area contributed by atoms with Crippen LogP contribution in [0.3, 0.4) is 0 Å². The molecule has 1 aromatic heterocycles. The highest BCUT2D eigenvalue weighted by Crippen LogP contribution is 2.15. The summed E-state index contributed by atoms with van der Waals surface area (Å²) in [6.45, 7) is 2.75. The number of hydrogen-bond donors (Lipinski definition) is 1. The van der Waals surface area contributed by atoms with Gasteiger partial charge in [-0.2, -0.15) is 0 Å². The summed E-state index contributed by atoms with van der Waals surface area (Å²) in [5.74, 6) is 1.77. The van der Waals surface area contributed by atoms with E-state index in [2.05, 4.69) is 21.3 Å². The molecule has 0 amide bonds. The van der Waals surface area contributed by atoms with Gasteiger partial charge in [0.25, 0.3) is 0 Å². The van der Waals surface area contributed by atoms with E-state index in [0.717, 1.165) is 48.5 Å². The summed E-state index contributed by atoms with van der Waals surface area (Å²) < 4.78 is 15.8. The molecule has 30 heavy (non-hydrogen) atoms. The van der Waals surface area contributed by atoms with E-state index in [-0.39, 0.29) is 0 Å². The molecule has 0 saturated heterocycles. The predicted molar refractivity (Wildman–Crippen MR) is 119 cm³/mol. The van der Waals surface area contributed by atoms with Crippen LogP contribution in [0.15, 0.2) is 84.9 Å². The molecule has 0 fully saturated rings. The number of imidazole rings is 1. The molecule has 0 unspecified atom stereocenters. The molecule has 0 radical (unpaired) electrons. The van der Waals surface area contributed by atoms with Gasteiger partial charge in [-0.1, -0.05) is 48.5 Å². The number of para-hydroxylation sites is 4. The highest BCUT2D eigenvalue weighted by molar-refractivity contribution is 5.75. The van der Waals surface area contributed by atoms with E-state index in [1.165, 1.54) is 0 Å². The molecule has 4 rings (SSSR count). The Morgan fingerprint density at radius 1 is 0.567 bits per heavy atom. The van der Waals surface area contributed by atoms with Crippen LogP contribution in [-0.4, -0.2) is 22.3 Å². The lowest BCUT2D eigenvalue weighted by atomic mass is 10.3. The van der Waals surface area contributed by atoms with Gasteiger partial charge in [0.1, 0.15) is 11.5 Å². The maximum absolute atomic E-state index is 8.72. The Kier molecular flexibility index (Phi) is 6.50. The molecular formula is C25H27N3O2. The zero-order valence-electron chi connectivity index (χ0n) is 17.0. The number of aryl methyl sites for hydroxylation is 2. The fourth-order valence-corrected chi connectivity index (χ4v) is 3.61. The van der Waals surface area contributed by atoms with Crippen LogP contribution in [0.1, 0.15) is 12.8 Å². The van der Waals surface area contributed by atoms with Crippen molar-refractivity contribution >= 4 is 11.0 Å². The molecule has 0 atom stereocenters. The molecule has 4 aromatic rings. The van der Waals surface area contributed by atoms with Gasteiger partial charge in [-0.25, -0.2) is 0 Å². The highest BCUT2D eigenvalue weighted by Gasteiger charge is 2.10. The summed E-state index contributed by atoms with van der Waals surface area (Å²) in [5, 5.41) is 8.72. The van der Waals surface area contributed by atoms with Crippen molar-refractivity contribution < 1.29 is 9.47 Å². The molecule has 5 nitrogen and oxygen atoms in total. The molecular weight excluding hydrogens is 374 g/mol. The van der Waals surface area contributed by atoms with Crippen LogP contribution in [0.5, 0.6) is 11.5 Å². The van der Waals surface area contributed by atoms with E-state index in [1.807, 2.05) is 72.8 Å². The molecule has 0 bridgehead atoms. The number of aromatic nitrogens is 2. The third-order valence-electron chi connectivity index (χ3n) is 5.05. The summed E-state index contributed by atoms with van der Waals surface area (Å²) in [5.41, 5.74) is 2.70. The van der Waals surface area contributed by atoms with Crippen molar-refractivity contribution in [3.63, 3.8) is 0 Å². The molecule has 1 heterocycles. The van der Waals surface area contributed by atoms with E-state index in [1.54, 1.807) is 0 Å². The molecule has 154 valence electrons. The maximum atomic E-state index is 8.72. The van der Waals surface area contributed by atoms with Crippen molar-refractivity contribution in [3.8, 4) is 11.5 Å². The number of nitrogens with zero attached hydrogens (tertiary/aromatic N) is 2. The fourth-order valence-electron chi connectivity index (χ4n) is 3.61. The van der Waals surface area contributed by atoms with Crippen molar-refractivity contribution in [1.29, 1.82) is 5.41 Å². The minimum atomic E-state index is 0.524. The van der Waals surface area contributed by atoms with Crippen molar-refractivity contribution in [2.75, 3.05) is 13.2 Å². The van der Waals surface area contributed by atoms with Gasteiger partial charge in [0.2, 0.25) is 5.62 Å². The monoisotopic (exact) mass is 401 g/mol. The second kappa shape index (κ2) is 9.83. The van der Waals surface area contributed by atoms with Crippen LogP contribution in [0.2, 0.25) is 0 Å². The quantitative estimate of drug-likeness (QED) is 0.386. The van der Waals surface area contributed by atoms with Gasteiger partial charge >= 0.3 is 0 Å². The SMILES string of the molecule is N=c1n(CCCOc2ccccc2)c2ccccc2n1CCCOc1ccccc1. The molecule has 3 aromatic carbocycles. The second-order valence-electron chi connectivity index (χ2n) is 7.15. The number of ether oxygens (including phenoxy) is 2. The Labute approximate surface area is 176 Å². The van der Waals surface area contributed by atoms with Gasteiger partial charge in [-0.3, -0.25) is 5.41 Å². The van der Waals surface area contributed by atoms with Crippen molar-refractivity contribution in [3.05, 3.63) is 90.5 Å². The molecule has 0 spiro atoms. The molecule has 0 aliphatic heterocycles. The first-order chi connectivity index (χ1) is 14.8. The van der Waals surface area contributed by atoms with E-state index >= 15 is 0 Å². The van der Waals surface area contributed by atoms with E-state index in [9.17, 15) is 0 Å². The fraction of sp³-hybridized carbons (Fsp3) is 0.240. The zero-order valence-corrected chi connectivity index (χ0v) is 17.0. The summed E-state index contributed by atoms with van der Waals surface area (Å²) in [7, 11) is 0. The van der Waals surface area contributed by atoms with Gasteiger partial charge in [-0.05, 0) is 49.2 Å². The summed E-state index contributed by atoms with van der Waals surface area (Å²) >= 11 is 0. The molecule has 0 aliphatic carbocycles. The third-order valence-corrected chi connectivity index (χ3v) is 5.05. The number of fused-ring (bicyclic) bond motifs is 1. The lowest BCUT2D eigenvalue weighted by Gasteiger charge is -2.08. The van der Waals surface area contributed by atoms with Gasteiger partial charge in [0, 0.05) is 13.1 Å². The van der Waals surface area contributed by atoms with Crippen molar-refractivity contribution in [1.82, 2.24) is 9.13 Å². The standard InChI is InChI=1S/C25H27N3O2/c26-25-27(17-9-19-29-21-11-3-1-4-12-21)23-15-7-8-16-24(23)28(25)18-10-20-30-22-13-5-2-6-14-22/h1-8,11-16,26H,9-10,17-20H2. The largest absolute Gasteiger partial charge is 0.494 e. The van der Waals surface area contributed by atoms with Crippen LogP contribution in [0.4, 0.5) is 0 Å². The average molecular weight is 402 g/mol. The molecule has 0 saturated carbocycles. The predicted octanol–water partition coefficient (Wildman–Crippen LogP) is 4.86. The lowest BCUT2D eigenvalue weighted by molar-refractivity contribution is 0.297. The summed E-state index contributed by atoms with van der Waals surface area (Å²) in [6, 6.07) is 27.9. The van der Waals surface area contributed by atoms with Crippen LogP contribution in [0, 0.1) is 5.41 Å². The highest BCUT2D eigenvalue weighted by atomic mass is 16.5. The third kappa shape index (κ3) is 4.74. The Morgan fingerprint density at radius 2 is 0.967 bits per heavy atom. The first-order valence-corrected chi connectivity index (χ1v) is 10.4. The normalized spacial score (nSPS) is 10.9. The van der Waals surface area contributed by atoms with E-state index in [0.29, 0.717) is 18.8 Å². The van der Waals surface area contributed by atoms with E-state index in [4.69, 9.17) is 14.9 Å². The maximum Gasteiger partial charge on any atom is 0.202 e. The first kappa shape index (κ1) is 19.8. The average Bonchev–Trinajstić information content (AvgIpc) is 3.06. The Hall–Kier alpha value is -3.47. The van der Waals surface area contributed by atoms with Gasteiger partial charge < -0.3 is 18.6 Å². The van der Waals surface area contributed by atoms with Crippen LogP contribution in [-0.2, 0) is 13.1 Å². The topological polar surface area (TPSA) is 52.2 Å². The lowest BCUT2D eigenvalue weighted by Crippen LogP contribution is -2.26. The number of nitrogens with one attached hydrogen (secondary N) is 1. The van der Waals surface area contributed by atoms with Gasteiger partial charge in [0.05, 0.1) is 24.2 Å². The van der Waals surface area contributed by atoms with Crippen LogP contribution < -0.4 is 15.1 Å². The van der Waals surface area contributed by atoms with Crippen LogP contribution in [0.25, 0.3) is 11.0 Å². The smallest absolute Gasteiger partial charge is 0.202 e. The Balaban J connectivity index is 1.38. The number of benzene rings is 3. The first-order valence-electron chi connectivity index (χ1n) is 10.4. The summed E-state index contributed by atoms with van der Waals surface area (Å²) in [4.78, 5) is 0. The van der Waals surface area contributed by atoms with Crippen LogP contribution >= 0.6 is 0 Å². The van der Waals surface area contributed by atoms with Gasteiger partial charge in [-0.15, -0.1) is 0 Å². The van der Waals surface area contributed by atoms with Gasteiger partial charge in [0.15, 0.2) is 0 Å². The zero-order chi connectivity index (χ0) is 20.6. The Morgan fingerprint density at radius 3 is 1.40 bits per heavy atom.